The lowest BCUT2D eigenvalue weighted by atomic mass is 9.99. The van der Waals surface area contributed by atoms with Crippen molar-refractivity contribution in [1.29, 1.82) is 0 Å². The van der Waals surface area contributed by atoms with Gasteiger partial charge in [-0.3, -0.25) is 4.68 Å². The highest BCUT2D eigenvalue weighted by Gasteiger charge is 2.13. The van der Waals surface area contributed by atoms with E-state index >= 15 is 0 Å². The summed E-state index contributed by atoms with van der Waals surface area (Å²) in [6.07, 6.45) is 2.68. The number of benzene rings is 2. The van der Waals surface area contributed by atoms with Gasteiger partial charge >= 0.3 is 0 Å². The van der Waals surface area contributed by atoms with Crippen LogP contribution in [0.4, 0.5) is 15.9 Å². The molecule has 4 nitrogen and oxygen atoms in total. The van der Waals surface area contributed by atoms with Crippen molar-refractivity contribution in [2.24, 2.45) is 0 Å². The Morgan fingerprint density at radius 3 is 2.52 bits per heavy atom. The van der Waals surface area contributed by atoms with Crippen LogP contribution >= 0.6 is 35.4 Å². The lowest BCUT2D eigenvalue weighted by Gasteiger charge is -2.12. The number of anilines is 2. The van der Waals surface area contributed by atoms with Gasteiger partial charge in [-0.15, -0.1) is 0 Å². The molecule has 0 aliphatic rings. The maximum absolute atomic E-state index is 14.0. The second-order valence-electron chi connectivity index (χ2n) is 6.73. The lowest BCUT2D eigenvalue weighted by Crippen LogP contribution is -2.19. The molecule has 1 atom stereocenters. The Hall–Kier alpha value is -2.15. The Morgan fingerprint density at radius 2 is 1.86 bits per heavy atom. The fraction of sp³-hybridized carbons (Fsp3) is 0.238. The highest BCUT2D eigenvalue weighted by molar-refractivity contribution is 7.80. The van der Waals surface area contributed by atoms with Gasteiger partial charge in [-0.05, 0) is 54.4 Å². The molecule has 2 aromatic carbocycles. The number of aromatic nitrogens is 2. The third-order valence-electron chi connectivity index (χ3n) is 4.68. The standard InChI is InChI=1S/C21H21Cl2FN4S/c1-3-13(2)14-7-9-15(10-8-14)25-21(29)26-20-18(23)12-28(27-20)11-16-17(22)5-4-6-19(16)24/h4-10,12-13H,3,11H2,1-2H3,(H2,25,26,27,29). The van der Waals surface area contributed by atoms with Crippen LogP contribution in [0.2, 0.25) is 10.0 Å². The molecule has 2 N–H and O–H groups in total. The molecule has 0 amide bonds. The maximum Gasteiger partial charge on any atom is 0.176 e. The Balaban J connectivity index is 1.65. The molecule has 0 aliphatic carbocycles. The second-order valence-corrected chi connectivity index (χ2v) is 7.96. The van der Waals surface area contributed by atoms with E-state index in [2.05, 4.69) is 41.7 Å². The Bertz CT molecular complexity index is 984. The first-order chi connectivity index (χ1) is 13.9. The van der Waals surface area contributed by atoms with Crippen molar-refractivity contribution in [2.75, 3.05) is 10.6 Å². The minimum Gasteiger partial charge on any atom is -0.332 e. The van der Waals surface area contributed by atoms with Crippen LogP contribution in [0.15, 0.2) is 48.7 Å². The molecule has 0 radical (unpaired) electrons. The molecule has 3 rings (SSSR count). The minimum atomic E-state index is -0.392. The molecular weight excluding hydrogens is 430 g/mol. The Labute approximate surface area is 185 Å². The largest absolute Gasteiger partial charge is 0.332 e. The zero-order chi connectivity index (χ0) is 21.0. The number of rotatable bonds is 6. The van der Waals surface area contributed by atoms with Crippen molar-refractivity contribution in [3.63, 3.8) is 0 Å². The van der Waals surface area contributed by atoms with Gasteiger partial charge < -0.3 is 10.6 Å². The number of halogens is 3. The summed E-state index contributed by atoms with van der Waals surface area (Å²) in [6.45, 7) is 4.52. The molecule has 29 heavy (non-hydrogen) atoms. The predicted molar refractivity (Wildman–Crippen MR) is 123 cm³/mol. The van der Waals surface area contributed by atoms with Gasteiger partial charge in [-0.2, -0.15) is 5.10 Å². The van der Waals surface area contributed by atoms with Gasteiger partial charge in [0, 0.05) is 22.5 Å². The van der Waals surface area contributed by atoms with Crippen molar-refractivity contribution in [3.8, 4) is 0 Å². The fourth-order valence-electron chi connectivity index (χ4n) is 2.81. The molecule has 0 fully saturated rings. The van der Waals surface area contributed by atoms with Gasteiger partial charge in [0.05, 0.1) is 6.54 Å². The summed E-state index contributed by atoms with van der Waals surface area (Å²) in [6, 6.07) is 12.7. The predicted octanol–water partition coefficient (Wildman–Crippen LogP) is 6.70. The van der Waals surface area contributed by atoms with Gasteiger partial charge in [0.25, 0.3) is 0 Å². The molecule has 1 aromatic heterocycles. The van der Waals surface area contributed by atoms with Gasteiger partial charge in [-0.25, -0.2) is 4.39 Å². The summed E-state index contributed by atoms with van der Waals surface area (Å²) in [4.78, 5) is 0. The third kappa shape index (κ3) is 5.47. The van der Waals surface area contributed by atoms with Gasteiger partial charge in [-0.1, -0.05) is 55.2 Å². The van der Waals surface area contributed by atoms with Crippen molar-refractivity contribution in [2.45, 2.75) is 32.7 Å². The normalized spacial score (nSPS) is 11.9. The van der Waals surface area contributed by atoms with E-state index in [9.17, 15) is 4.39 Å². The molecule has 0 bridgehead atoms. The van der Waals surface area contributed by atoms with Crippen LogP contribution < -0.4 is 10.6 Å². The highest BCUT2D eigenvalue weighted by Crippen LogP contribution is 2.24. The summed E-state index contributed by atoms with van der Waals surface area (Å²) >= 11 is 17.7. The molecule has 0 spiro atoms. The molecule has 0 aliphatic heterocycles. The van der Waals surface area contributed by atoms with Crippen LogP contribution in [0.25, 0.3) is 0 Å². The van der Waals surface area contributed by atoms with E-state index in [0.717, 1.165) is 12.1 Å². The van der Waals surface area contributed by atoms with E-state index in [4.69, 9.17) is 35.4 Å². The van der Waals surface area contributed by atoms with Gasteiger partial charge in [0.15, 0.2) is 10.9 Å². The lowest BCUT2D eigenvalue weighted by molar-refractivity contribution is 0.586. The SMILES string of the molecule is CCC(C)c1ccc(NC(=S)Nc2nn(Cc3c(F)cccc3Cl)cc2Cl)cc1. The highest BCUT2D eigenvalue weighted by atomic mass is 35.5. The number of thiocarbonyl (C=S) groups is 1. The number of hydrogen-bond donors (Lipinski definition) is 2. The molecular formula is C21H21Cl2FN4S. The van der Waals surface area contributed by atoms with Crippen LogP contribution in [-0.4, -0.2) is 14.9 Å². The van der Waals surface area contributed by atoms with Crippen molar-refractivity contribution in [3.05, 3.63) is 75.7 Å². The summed E-state index contributed by atoms with van der Waals surface area (Å²) in [5, 5.41) is 11.5. The first-order valence-corrected chi connectivity index (χ1v) is 10.4. The van der Waals surface area contributed by atoms with Crippen LogP contribution in [0.5, 0.6) is 0 Å². The monoisotopic (exact) mass is 450 g/mol. The van der Waals surface area contributed by atoms with E-state index in [1.54, 1.807) is 18.3 Å². The van der Waals surface area contributed by atoms with Crippen LogP contribution in [0, 0.1) is 5.82 Å². The zero-order valence-corrected chi connectivity index (χ0v) is 18.4. The maximum atomic E-state index is 14.0. The topological polar surface area (TPSA) is 41.9 Å². The summed E-state index contributed by atoms with van der Waals surface area (Å²) in [5.41, 5.74) is 2.50. The van der Waals surface area contributed by atoms with Crippen molar-refractivity contribution >= 4 is 52.0 Å². The average Bonchev–Trinajstić information content (AvgIpc) is 3.03. The van der Waals surface area contributed by atoms with E-state index in [-0.39, 0.29) is 6.54 Å². The molecule has 8 heteroatoms. The minimum absolute atomic E-state index is 0.157. The molecule has 1 heterocycles. The number of hydrogen-bond acceptors (Lipinski definition) is 2. The van der Waals surface area contributed by atoms with E-state index in [1.807, 2.05) is 12.1 Å². The number of nitrogens with one attached hydrogen (secondary N) is 2. The van der Waals surface area contributed by atoms with Gasteiger partial charge in [0.1, 0.15) is 10.8 Å². The second kappa shape index (κ2) is 9.57. The molecule has 0 saturated carbocycles. The fourth-order valence-corrected chi connectivity index (χ4v) is 3.44. The molecule has 0 saturated heterocycles. The van der Waals surface area contributed by atoms with E-state index < -0.39 is 5.82 Å². The van der Waals surface area contributed by atoms with E-state index in [1.165, 1.54) is 16.3 Å². The zero-order valence-electron chi connectivity index (χ0n) is 16.0. The Kier molecular flexibility index (Phi) is 7.11. The smallest absolute Gasteiger partial charge is 0.176 e. The summed E-state index contributed by atoms with van der Waals surface area (Å²) in [5.74, 6) is 0.504. The number of nitrogens with zero attached hydrogens (tertiary/aromatic N) is 2. The Morgan fingerprint density at radius 1 is 1.14 bits per heavy atom. The molecule has 3 aromatic rings. The van der Waals surface area contributed by atoms with Crippen molar-refractivity contribution < 1.29 is 4.39 Å². The van der Waals surface area contributed by atoms with Gasteiger partial charge in [0.2, 0.25) is 0 Å². The third-order valence-corrected chi connectivity index (χ3v) is 5.52. The quantitative estimate of drug-likeness (QED) is 0.409. The van der Waals surface area contributed by atoms with Crippen LogP contribution in [0.3, 0.4) is 0 Å². The van der Waals surface area contributed by atoms with E-state index in [0.29, 0.717) is 32.5 Å². The molecule has 152 valence electrons. The average molecular weight is 451 g/mol. The first kappa shape index (κ1) is 21.6. The summed E-state index contributed by atoms with van der Waals surface area (Å²) < 4.78 is 15.5. The molecule has 1 unspecified atom stereocenters. The van der Waals surface area contributed by atoms with Crippen molar-refractivity contribution in [1.82, 2.24) is 9.78 Å². The van der Waals surface area contributed by atoms with Crippen LogP contribution in [0.1, 0.15) is 37.3 Å². The van der Waals surface area contributed by atoms with Crippen LogP contribution in [-0.2, 0) is 6.54 Å². The summed E-state index contributed by atoms with van der Waals surface area (Å²) in [7, 11) is 0. The first-order valence-electron chi connectivity index (χ1n) is 9.21.